The molecule has 3 atom stereocenters. The van der Waals surface area contributed by atoms with E-state index in [9.17, 15) is 5.11 Å². The molecule has 0 aromatic rings. The van der Waals surface area contributed by atoms with E-state index in [1.165, 1.54) is 19.3 Å². The van der Waals surface area contributed by atoms with Crippen molar-refractivity contribution in [1.29, 1.82) is 0 Å². The van der Waals surface area contributed by atoms with Crippen LogP contribution in [0.3, 0.4) is 0 Å². The van der Waals surface area contributed by atoms with Gasteiger partial charge in [-0.15, -0.1) is 5.92 Å². The van der Waals surface area contributed by atoms with Crippen LogP contribution < -0.4 is 0 Å². The molecule has 4 heteroatoms. The molecule has 1 saturated heterocycles. The molecule has 1 N–H and O–H groups in total. The van der Waals surface area contributed by atoms with Crippen molar-refractivity contribution in [3.8, 4) is 11.8 Å². The zero-order valence-corrected chi connectivity index (χ0v) is 16.5. The lowest BCUT2D eigenvalue weighted by Gasteiger charge is -2.41. The number of rotatable bonds is 4. The Morgan fingerprint density at radius 1 is 1.13 bits per heavy atom. The predicted molar refractivity (Wildman–Crippen MR) is 96.9 cm³/mol. The Morgan fingerprint density at radius 3 is 2.35 bits per heavy atom. The number of aliphatic hydroxyl groups is 1. The van der Waals surface area contributed by atoms with Crippen LogP contribution in [0.5, 0.6) is 0 Å². The van der Waals surface area contributed by atoms with Crippen LogP contribution in [0.1, 0.15) is 46.0 Å². The van der Waals surface area contributed by atoms with Gasteiger partial charge in [-0.25, -0.2) is 0 Å². The van der Waals surface area contributed by atoms with E-state index in [-0.39, 0.29) is 11.7 Å². The van der Waals surface area contributed by atoms with E-state index in [0.717, 1.165) is 26.1 Å². The number of hydrogen-bond acceptors (Lipinski definition) is 3. The summed E-state index contributed by atoms with van der Waals surface area (Å²) in [5.41, 5.74) is 0.378. The summed E-state index contributed by atoms with van der Waals surface area (Å²) < 4.78 is 12.1. The first-order valence-corrected chi connectivity index (χ1v) is 12.8. The molecule has 0 aromatic carbocycles. The van der Waals surface area contributed by atoms with Gasteiger partial charge in [0.05, 0.1) is 21.3 Å². The fourth-order valence-electron chi connectivity index (χ4n) is 3.60. The van der Waals surface area contributed by atoms with E-state index in [0.29, 0.717) is 11.5 Å². The van der Waals surface area contributed by atoms with Gasteiger partial charge in [0.15, 0.2) is 5.79 Å². The molecule has 2 aliphatic rings. The maximum atomic E-state index is 10.0. The van der Waals surface area contributed by atoms with Crippen LogP contribution in [0.4, 0.5) is 0 Å². The molecule has 2 rings (SSSR count). The van der Waals surface area contributed by atoms with Crippen LogP contribution in [-0.2, 0) is 9.47 Å². The molecule has 1 heterocycles. The first kappa shape index (κ1) is 19.0. The smallest absolute Gasteiger partial charge is 0.171 e. The Kier molecular flexibility index (Phi) is 6.35. The Balaban J connectivity index is 2.13. The highest BCUT2D eigenvalue weighted by Crippen LogP contribution is 2.45. The van der Waals surface area contributed by atoms with E-state index in [1.807, 2.05) is 13.8 Å². The van der Waals surface area contributed by atoms with Crippen LogP contribution in [0.2, 0.25) is 25.2 Å². The monoisotopic (exact) mass is 338 g/mol. The fourth-order valence-corrected chi connectivity index (χ4v) is 5.11. The lowest BCUT2D eigenvalue weighted by Crippen LogP contribution is -2.44. The summed E-state index contributed by atoms with van der Waals surface area (Å²) in [6.07, 6.45) is 5.19. The molecule has 0 bridgehead atoms. The normalized spacial score (nSPS) is 26.8. The van der Waals surface area contributed by atoms with Crippen LogP contribution in [0.15, 0.2) is 0 Å². The highest BCUT2D eigenvalue weighted by atomic mass is 28.3. The quantitative estimate of drug-likeness (QED) is 0.621. The average Bonchev–Trinajstić information content (AvgIpc) is 2.92. The van der Waals surface area contributed by atoms with Crippen LogP contribution in [0.25, 0.3) is 0 Å². The van der Waals surface area contributed by atoms with Gasteiger partial charge >= 0.3 is 0 Å². The molecule has 23 heavy (non-hydrogen) atoms. The zero-order chi connectivity index (χ0) is 17.1. The molecule has 1 aliphatic heterocycles. The third-order valence-electron chi connectivity index (χ3n) is 5.33. The minimum atomic E-state index is -1.44. The van der Waals surface area contributed by atoms with Crippen molar-refractivity contribution >= 4 is 8.07 Å². The van der Waals surface area contributed by atoms with Crippen molar-refractivity contribution in [3.05, 3.63) is 0 Å². The van der Waals surface area contributed by atoms with Crippen molar-refractivity contribution in [3.63, 3.8) is 0 Å². The minimum absolute atomic E-state index is 0.187. The Bertz CT molecular complexity index is 438. The standard InChI is InChI=1S/C19H34O3Si/c1-15(2)18(20)10-9-17(23(3,4)5)14-16-8-6-7-11-19(16)21-12-13-22-19/h15-18,20H,6-8,11-14H2,1-5H3/t16-,17?,18?/m0/s1. The maximum absolute atomic E-state index is 10.0. The fraction of sp³-hybridized carbons (Fsp3) is 0.895. The first-order chi connectivity index (χ1) is 10.7. The lowest BCUT2D eigenvalue weighted by atomic mass is 9.80. The number of hydrogen-bond donors (Lipinski definition) is 1. The summed E-state index contributed by atoms with van der Waals surface area (Å²) in [6, 6.07) is 0. The van der Waals surface area contributed by atoms with Crippen LogP contribution >= 0.6 is 0 Å². The lowest BCUT2D eigenvalue weighted by molar-refractivity contribution is -0.213. The largest absolute Gasteiger partial charge is 0.380 e. The van der Waals surface area contributed by atoms with Crippen molar-refractivity contribution < 1.29 is 14.6 Å². The Hall–Kier alpha value is -0.343. The van der Waals surface area contributed by atoms with Gasteiger partial charge in [-0.1, -0.05) is 45.8 Å². The van der Waals surface area contributed by atoms with Crippen molar-refractivity contribution in [2.45, 2.75) is 83.0 Å². The highest BCUT2D eigenvalue weighted by Gasteiger charge is 2.47. The van der Waals surface area contributed by atoms with Crippen LogP contribution in [0, 0.1) is 23.7 Å². The molecule has 0 aromatic heterocycles. The van der Waals surface area contributed by atoms with Gasteiger partial charge in [-0.3, -0.25) is 0 Å². The summed E-state index contributed by atoms with van der Waals surface area (Å²) in [5.74, 6) is 6.85. The van der Waals surface area contributed by atoms with Crippen molar-refractivity contribution in [2.24, 2.45) is 11.8 Å². The second kappa shape index (κ2) is 7.69. The number of aliphatic hydroxyl groups excluding tert-OH is 1. The van der Waals surface area contributed by atoms with Crippen molar-refractivity contribution in [1.82, 2.24) is 0 Å². The summed E-state index contributed by atoms with van der Waals surface area (Å²) in [7, 11) is -1.44. The second-order valence-corrected chi connectivity index (χ2v) is 14.0. The van der Waals surface area contributed by atoms with Crippen molar-refractivity contribution in [2.75, 3.05) is 13.2 Å². The maximum Gasteiger partial charge on any atom is 0.171 e. The summed E-state index contributed by atoms with van der Waals surface area (Å²) in [6.45, 7) is 12.6. The van der Waals surface area contributed by atoms with E-state index < -0.39 is 14.2 Å². The summed E-state index contributed by atoms with van der Waals surface area (Å²) in [5, 5.41) is 10.0. The predicted octanol–water partition coefficient (Wildman–Crippen LogP) is 4.04. The molecule has 0 amide bonds. The van der Waals surface area contributed by atoms with E-state index in [1.54, 1.807) is 0 Å². The molecule has 1 saturated carbocycles. The third-order valence-corrected chi connectivity index (χ3v) is 7.80. The minimum Gasteiger partial charge on any atom is -0.380 e. The van der Waals surface area contributed by atoms with Gasteiger partial charge in [0.1, 0.15) is 6.10 Å². The van der Waals surface area contributed by atoms with E-state index in [4.69, 9.17) is 9.47 Å². The van der Waals surface area contributed by atoms with Gasteiger partial charge in [0.2, 0.25) is 0 Å². The zero-order valence-electron chi connectivity index (χ0n) is 15.5. The molecule has 0 radical (unpaired) electrons. The molecule has 2 unspecified atom stereocenters. The van der Waals surface area contributed by atoms with E-state index in [2.05, 4.69) is 31.5 Å². The molecule has 1 aliphatic carbocycles. The topological polar surface area (TPSA) is 38.7 Å². The van der Waals surface area contributed by atoms with Gasteiger partial charge in [0, 0.05) is 17.9 Å². The summed E-state index contributed by atoms with van der Waals surface area (Å²) in [4.78, 5) is 0. The third kappa shape index (κ3) is 4.82. The van der Waals surface area contributed by atoms with Gasteiger partial charge in [-0.05, 0) is 25.2 Å². The Morgan fingerprint density at radius 2 is 1.78 bits per heavy atom. The van der Waals surface area contributed by atoms with E-state index >= 15 is 0 Å². The summed E-state index contributed by atoms with van der Waals surface area (Å²) >= 11 is 0. The first-order valence-electron chi connectivity index (χ1n) is 9.21. The average molecular weight is 339 g/mol. The molecule has 1 spiro atoms. The van der Waals surface area contributed by atoms with Crippen LogP contribution in [-0.4, -0.2) is 38.3 Å². The van der Waals surface area contributed by atoms with Gasteiger partial charge in [0.25, 0.3) is 0 Å². The number of ether oxygens (including phenoxy) is 2. The second-order valence-electron chi connectivity index (χ2n) is 8.58. The molecular formula is C19H34O3Si. The Labute approximate surface area is 143 Å². The molecular weight excluding hydrogens is 304 g/mol. The highest BCUT2D eigenvalue weighted by molar-refractivity contribution is 6.78. The molecule has 3 nitrogen and oxygen atoms in total. The molecule has 132 valence electrons. The molecule has 2 fully saturated rings. The SMILES string of the molecule is CC(C)C(O)C#CC(C[C@@H]1CCCCC12OCCO2)[Si](C)(C)C. The van der Waals surface area contributed by atoms with Gasteiger partial charge in [-0.2, -0.15) is 0 Å². The van der Waals surface area contributed by atoms with Gasteiger partial charge < -0.3 is 14.6 Å².